The van der Waals surface area contributed by atoms with Gasteiger partial charge in [0.2, 0.25) is 0 Å². The summed E-state index contributed by atoms with van der Waals surface area (Å²) in [4.78, 5) is 10.9. The molecule has 0 radical (unpaired) electrons. The summed E-state index contributed by atoms with van der Waals surface area (Å²) in [6, 6.07) is 11.2. The number of aromatic hydroxyl groups is 1. The maximum Gasteiger partial charge on any atom is 0.511 e. The number of aryl methyl sites for hydroxylation is 1. The summed E-state index contributed by atoms with van der Waals surface area (Å²) in [5.41, 5.74) is 3.63. The van der Waals surface area contributed by atoms with Gasteiger partial charge in [-0.2, -0.15) is 0 Å². The van der Waals surface area contributed by atoms with Crippen LogP contribution >= 0.6 is 0 Å². The molecule has 2 rings (SSSR count). The number of carbonyl (C=O) groups is 1. The van der Waals surface area contributed by atoms with E-state index in [2.05, 4.69) is 13.8 Å². The number of hydrogen-bond acceptors (Lipinski definition) is 3. The second kappa shape index (κ2) is 7.68. The van der Waals surface area contributed by atoms with E-state index in [0.717, 1.165) is 42.4 Å². The van der Waals surface area contributed by atoms with Gasteiger partial charge in [-0.1, -0.05) is 57.0 Å². The first-order chi connectivity index (χ1) is 11.1. The van der Waals surface area contributed by atoms with E-state index in [1.54, 1.807) is 6.07 Å². The van der Waals surface area contributed by atoms with Gasteiger partial charge in [0.05, 0.1) is 0 Å². The van der Waals surface area contributed by atoms with Crippen molar-refractivity contribution in [2.75, 3.05) is 0 Å². The minimum absolute atomic E-state index is 0.000318. The van der Waals surface area contributed by atoms with E-state index in [1.807, 2.05) is 30.3 Å². The highest BCUT2D eigenvalue weighted by atomic mass is 16.7. The summed E-state index contributed by atoms with van der Waals surface area (Å²) in [6.45, 7) is 4.16. The minimum atomic E-state index is -1.43. The molecule has 0 bridgehead atoms. The van der Waals surface area contributed by atoms with Crippen LogP contribution in [0.1, 0.15) is 37.8 Å². The molecule has 4 heteroatoms. The van der Waals surface area contributed by atoms with Crippen LogP contribution in [0, 0.1) is 0 Å². The largest absolute Gasteiger partial charge is 0.511 e. The first-order valence-corrected chi connectivity index (χ1v) is 7.92. The molecule has 0 aromatic heterocycles. The fourth-order valence-electron chi connectivity index (χ4n) is 2.86. The summed E-state index contributed by atoms with van der Waals surface area (Å²) < 4.78 is 4.79. The van der Waals surface area contributed by atoms with Gasteiger partial charge in [0.1, 0.15) is 0 Å². The fraction of sp³-hybridized carbons (Fsp3) is 0.316. The Balaban J connectivity index is 2.72. The Morgan fingerprint density at radius 3 is 2.30 bits per heavy atom. The summed E-state index contributed by atoms with van der Waals surface area (Å²) in [5, 5.41) is 19.5. The standard InChI is InChI=1S/C19H22O4/c1-3-8-14-12-16(23-19(21)22)18(20)17(15(14)9-4-2)13-10-6-5-7-11-13/h5-7,10-12,20H,3-4,8-9H2,1-2H3,(H,21,22). The molecular weight excluding hydrogens is 292 g/mol. The average molecular weight is 314 g/mol. The molecule has 2 aromatic rings. The van der Waals surface area contributed by atoms with Crippen molar-refractivity contribution in [3.05, 3.63) is 47.5 Å². The Hall–Kier alpha value is -2.49. The van der Waals surface area contributed by atoms with Crippen LogP contribution in [0.5, 0.6) is 11.5 Å². The second-order valence-corrected chi connectivity index (χ2v) is 5.47. The zero-order chi connectivity index (χ0) is 16.8. The Bertz CT molecular complexity index is 678. The van der Waals surface area contributed by atoms with Crippen LogP contribution in [0.3, 0.4) is 0 Å². The quantitative estimate of drug-likeness (QED) is 0.580. The molecule has 122 valence electrons. The van der Waals surface area contributed by atoms with E-state index < -0.39 is 6.16 Å². The van der Waals surface area contributed by atoms with Crippen LogP contribution in [0.4, 0.5) is 4.79 Å². The van der Waals surface area contributed by atoms with Crippen LogP contribution < -0.4 is 4.74 Å². The van der Waals surface area contributed by atoms with E-state index in [1.165, 1.54) is 0 Å². The molecule has 0 aliphatic heterocycles. The van der Waals surface area contributed by atoms with Gasteiger partial charge in [0.25, 0.3) is 0 Å². The van der Waals surface area contributed by atoms with Crippen molar-refractivity contribution in [1.29, 1.82) is 0 Å². The highest BCUT2D eigenvalue weighted by molar-refractivity contribution is 5.79. The Labute approximate surface area is 136 Å². The molecule has 0 amide bonds. The van der Waals surface area contributed by atoms with Gasteiger partial charge in [-0.3, -0.25) is 0 Å². The van der Waals surface area contributed by atoms with Gasteiger partial charge in [-0.25, -0.2) is 4.79 Å². The zero-order valence-electron chi connectivity index (χ0n) is 13.5. The third-order valence-electron chi connectivity index (χ3n) is 3.74. The SMILES string of the molecule is CCCc1cc(OC(=O)O)c(O)c(-c2ccccc2)c1CCC. The molecule has 0 unspecified atom stereocenters. The van der Waals surface area contributed by atoms with E-state index in [9.17, 15) is 9.90 Å². The molecule has 0 saturated carbocycles. The molecule has 0 aliphatic rings. The van der Waals surface area contributed by atoms with Crippen molar-refractivity contribution >= 4 is 6.16 Å². The number of carboxylic acid groups (broad SMARTS) is 1. The summed E-state index contributed by atoms with van der Waals surface area (Å²) >= 11 is 0. The van der Waals surface area contributed by atoms with Crippen LogP contribution in [-0.2, 0) is 12.8 Å². The van der Waals surface area contributed by atoms with Crippen molar-refractivity contribution < 1.29 is 19.7 Å². The summed E-state index contributed by atoms with van der Waals surface area (Å²) in [5.74, 6) is -0.110. The van der Waals surface area contributed by atoms with E-state index >= 15 is 0 Å². The van der Waals surface area contributed by atoms with Gasteiger partial charge < -0.3 is 14.9 Å². The van der Waals surface area contributed by atoms with Gasteiger partial charge in [0, 0.05) is 5.56 Å². The van der Waals surface area contributed by atoms with Crippen LogP contribution in [0.25, 0.3) is 11.1 Å². The second-order valence-electron chi connectivity index (χ2n) is 5.47. The molecule has 2 N–H and O–H groups in total. The number of ether oxygens (including phenoxy) is 1. The lowest BCUT2D eigenvalue weighted by atomic mass is 9.89. The number of phenols is 1. The third kappa shape index (κ3) is 3.83. The molecule has 0 atom stereocenters. The minimum Gasteiger partial charge on any atom is -0.504 e. The van der Waals surface area contributed by atoms with Crippen molar-refractivity contribution in [2.24, 2.45) is 0 Å². The smallest absolute Gasteiger partial charge is 0.504 e. The summed E-state index contributed by atoms with van der Waals surface area (Å²) in [7, 11) is 0. The fourth-order valence-corrected chi connectivity index (χ4v) is 2.86. The Morgan fingerprint density at radius 1 is 1.09 bits per heavy atom. The van der Waals surface area contributed by atoms with E-state index in [4.69, 9.17) is 9.84 Å². The lowest BCUT2D eigenvalue weighted by molar-refractivity contribution is 0.143. The molecule has 0 heterocycles. The lowest BCUT2D eigenvalue weighted by Crippen LogP contribution is -2.06. The number of benzene rings is 2. The topological polar surface area (TPSA) is 66.8 Å². The normalized spacial score (nSPS) is 10.5. The third-order valence-corrected chi connectivity index (χ3v) is 3.74. The molecule has 4 nitrogen and oxygen atoms in total. The van der Waals surface area contributed by atoms with Crippen molar-refractivity contribution in [1.82, 2.24) is 0 Å². The van der Waals surface area contributed by atoms with Crippen molar-refractivity contribution in [3.63, 3.8) is 0 Å². The first kappa shape index (κ1) is 16.9. The zero-order valence-corrected chi connectivity index (χ0v) is 13.5. The highest BCUT2D eigenvalue weighted by Crippen LogP contribution is 2.42. The average Bonchev–Trinajstić information content (AvgIpc) is 2.52. The monoisotopic (exact) mass is 314 g/mol. The highest BCUT2D eigenvalue weighted by Gasteiger charge is 2.20. The van der Waals surface area contributed by atoms with Crippen molar-refractivity contribution in [2.45, 2.75) is 39.5 Å². The Kier molecular flexibility index (Phi) is 5.63. The molecule has 0 saturated heterocycles. The molecule has 0 fully saturated rings. The molecule has 23 heavy (non-hydrogen) atoms. The molecule has 0 aliphatic carbocycles. The predicted octanol–water partition coefficient (Wildman–Crippen LogP) is 5.02. The summed E-state index contributed by atoms with van der Waals surface area (Å²) in [6.07, 6.45) is 2.08. The van der Waals surface area contributed by atoms with Crippen molar-refractivity contribution in [3.8, 4) is 22.6 Å². The lowest BCUT2D eigenvalue weighted by Gasteiger charge is -2.18. The number of hydrogen-bond donors (Lipinski definition) is 2. The molecule has 2 aromatic carbocycles. The molecular formula is C19H22O4. The van der Waals surface area contributed by atoms with Gasteiger partial charge >= 0.3 is 6.16 Å². The maximum absolute atomic E-state index is 10.9. The van der Waals surface area contributed by atoms with Gasteiger partial charge in [-0.15, -0.1) is 0 Å². The Morgan fingerprint density at radius 2 is 1.74 bits per heavy atom. The maximum atomic E-state index is 10.9. The predicted molar refractivity (Wildman–Crippen MR) is 90.2 cm³/mol. The van der Waals surface area contributed by atoms with Gasteiger partial charge in [0.15, 0.2) is 11.5 Å². The van der Waals surface area contributed by atoms with Crippen LogP contribution in [0.2, 0.25) is 0 Å². The molecule has 0 spiro atoms. The van der Waals surface area contributed by atoms with Crippen LogP contribution in [0.15, 0.2) is 36.4 Å². The van der Waals surface area contributed by atoms with E-state index in [0.29, 0.717) is 5.56 Å². The number of phenolic OH excluding ortho intramolecular Hbond substituents is 1. The first-order valence-electron chi connectivity index (χ1n) is 7.92. The van der Waals surface area contributed by atoms with E-state index in [-0.39, 0.29) is 11.5 Å². The van der Waals surface area contributed by atoms with Crippen LogP contribution in [-0.4, -0.2) is 16.4 Å². The number of rotatable bonds is 6. The van der Waals surface area contributed by atoms with Gasteiger partial charge in [-0.05, 0) is 35.6 Å².